The summed E-state index contributed by atoms with van der Waals surface area (Å²) in [5.74, 6) is -0.856. The van der Waals surface area contributed by atoms with Gasteiger partial charge in [0.05, 0.1) is 20.1 Å². The molecule has 2 heterocycles. The molecule has 5 rings (SSSR count). The molecule has 3 aromatic carbocycles. The van der Waals surface area contributed by atoms with Crippen LogP contribution in [0.15, 0.2) is 78.9 Å². The Hall–Kier alpha value is -4.90. The summed E-state index contributed by atoms with van der Waals surface area (Å²) in [7, 11) is 1.52. The highest BCUT2D eigenvalue weighted by molar-refractivity contribution is 5.99. The van der Waals surface area contributed by atoms with Gasteiger partial charge in [0.25, 0.3) is 5.91 Å². The Bertz CT molecular complexity index is 1500. The van der Waals surface area contributed by atoms with Crippen molar-refractivity contribution in [1.29, 1.82) is 0 Å². The first kappa shape index (κ1) is 31.5. The Morgan fingerprint density at radius 2 is 1.64 bits per heavy atom. The molecule has 0 spiro atoms. The van der Waals surface area contributed by atoms with Crippen LogP contribution >= 0.6 is 0 Å². The van der Waals surface area contributed by atoms with E-state index < -0.39 is 42.2 Å². The summed E-state index contributed by atoms with van der Waals surface area (Å²) in [5.41, 5.74) is 2.15. The summed E-state index contributed by atoms with van der Waals surface area (Å²) in [6.07, 6.45) is 0.114. The molecule has 3 amide bonds. The van der Waals surface area contributed by atoms with Crippen molar-refractivity contribution in [3.63, 3.8) is 0 Å². The highest BCUT2D eigenvalue weighted by Crippen LogP contribution is 2.29. The van der Waals surface area contributed by atoms with E-state index in [2.05, 4.69) is 10.6 Å². The topological polar surface area (TPSA) is 132 Å². The van der Waals surface area contributed by atoms with E-state index in [4.69, 9.17) is 18.9 Å². The molecule has 45 heavy (non-hydrogen) atoms. The van der Waals surface area contributed by atoms with Gasteiger partial charge in [0, 0.05) is 12.1 Å². The van der Waals surface area contributed by atoms with Gasteiger partial charge >= 0.3 is 5.97 Å². The van der Waals surface area contributed by atoms with Crippen LogP contribution in [-0.4, -0.2) is 66.7 Å². The van der Waals surface area contributed by atoms with Crippen LogP contribution in [0.2, 0.25) is 0 Å². The molecule has 0 aliphatic carbocycles. The summed E-state index contributed by atoms with van der Waals surface area (Å²) in [4.78, 5) is 53.5. The highest BCUT2D eigenvalue weighted by atomic mass is 16.7. The Kier molecular flexibility index (Phi) is 10.3. The van der Waals surface area contributed by atoms with Crippen molar-refractivity contribution in [2.75, 3.05) is 13.7 Å². The van der Waals surface area contributed by atoms with Gasteiger partial charge in [-0.05, 0) is 49.1 Å². The van der Waals surface area contributed by atoms with Gasteiger partial charge in [0.1, 0.15) is 24.7 Å². The molecular formula is C34H37N3O8. The first-order chi connectivity index (χ1) is 21.8. The number of methoxy groups -OCH3 is 1. The van der Waals surface area contributed by atoms with Crippen LogP contribution in [0.1, 0.15) is 47.7 Å². The number of amides is 3. The molecule has 0 aromatic heterocycles. The van der Waals surface area contributed by atoms with Crippen molar-refractivity contribution in [3.05, 3.63) is 95.6 Å². The van der Waals surface area contributed by atoms with E-state index >= 15 is 0 Å². The molecule has 2 aliphatic rings. The monoisotopic (exact) mass is 615 g/mol. The van der Waals surface area contributed by atoms with E-state index in [9.17, 15) is 19.2 Å². The fourth-order valence-corrected chi connectivity index (χ4v) is 5.40. The lowest BCUT2D eigenvalue weighted by atomic mass is 10.1. The smallest absolute Gasteiger partial charge is 0.310 e. The molecule has 11 nitrogen and oxygen atoms in total. The van der Waals surface area contributed by atoms with Gasteiger partial charge in [-0.25, -0.2) is 0 Å². The van der Waals surface area contributed by atoms with Gasteiger partial charge in [0.15, 0.2) is 11.5 Å². The van der Waals surface area contributed by atoms with Crippen LogP contribution in [0, 0.1) is 0 Å². The minimum absolute atomic E-state index is 0.0305. The number of esters is 1. The van der Waals surface area contributed by atoms with E-state index in [0.717, 1.165) is 11.1 Å². The molecule has 2 fully saturated rings. The second kappa shape index (κ2) is 14.7. The number of carbonyl (C=O) groups is 4. The Balaban J connectivity index is 1.17. The summed E-state index contributed by atoms with van der Waals surface area (Å²) >= 11 is 0. The van der Waals surface area contributed by atoms with Gasteiger partial charge < -0.3 is 34.5 Å². The lowest BCUT2D eigenvalue weighted by Gasteiger charge is -2.28. The van der Waals surface area contributed by atoms with Gasteiger partial charge in [-0.3, -0.25) is 19.2 Å². The van der Waals surface area contributed by atoms with Gasteiger partial charge in [0.2, 0.25) is 18.1 Å². The van der Waals surface area contributed by atoms with E-state index in [0.29, 0.717) is 36.4 Å². The summed E-state index contributed by atoms with van der Waals surface area (Å²) in [6.45, 7) is 2.45. The van der Waals surface area contributed by atoms with Crippen molar-refractivity contribution in [2.45, 2.75) is 63.8 Å². The Labute approximate surface area is 261 Å². The van der Waals surface area contributed by atoms with E-state index in [1.807, 2.05) is 60.7 Å². The first-order valence-corrected chi connectivity index (χ1v) is 14.9. The highest BCUT2D eigenvalue weighted by Gasteiger charge is 2.41. The van der Waals surface area contributed by atoms with Crippen LogP contribution < -0.4 is 20.1 Å². The molecule has 0 saturated carbocycles. The van der Waals surface area contributed by atoms with Gasteiger partial charge in [-0.2, -0.15) is 0 Å². The number of nitrogens with zero attached hydrogens (tertiary/aromatic N) is 1. The van der Waals surface area contributed by atoms with Crippen molar-refractivity contribution in [2.24, 2.45) is 0 Å². The van der Waals surface area contributed by atoms with Crippen LogP contribution in [0.5, 0.6) is 11.5 Å². The maximum absolute atomic E-state index is 13.4. The van der Waals surface area contributed by atoms with E-state index in [1.54, 1.807) is 25.1 Å². The maximum Gasteiger partial charge on any atom is 0.310 e. The summed E-state index contributed by atoms with van der Waals surface area (Å²) < 4.78 is 22.4. The second-order valence-electron chi connectivity index (χ2n) is 11.0. The lowest BCUT2D eigenvalue weighted by molar-refractivity contribution is -0.168. The molecule has 2 unspecified atom stereocenters. The molecule has 2 aliphatic heterocycles. The van der Waals surface area contributed by atoms with E-state index in [-0.39, 0.29) is 25.5 Å². The van der Waals surface area contributed by atoms with Crippen LogP contribution in [-0.2, 0) is 37.1 Å². The number of ether oxygens (including phenoxy) is 4. The SMILES string of the molecule is COc1ccc(C(=O)N[C@@H](C)C(=O)N2CCC[C@H]2C(=O)NC2CC(=O)OC2OCc2ccccc2)cc1OCc1ccccc1. The minimum atomic E-state index is -0.934. The standard InChI is InChI=1S/C34H37N3O8/c1-22(35-31(39)25-15-16-28(42-2)29(18-25)43-20-23-10-5-3-6-11-23)33(41)37-17-9-14-27(37)32(40)36-26-19-30(38)45-34(26)44-21-24-12-7-4-8-13-24/h3-8,10-13,15-16,18,22,26-27,34H,9,14,17,19-21H2,1-2H3,(H,35,39)(H,36,40)/t22-,26?,27-,34?/m0/s1. The molecule has 3 aromatic rings. The Morgan fingerprint density at radius 1 is 0.956 bits per heavy atom. The zero-order chi connectivity index (χ0) is 31.8. The fraction of sp³-hybridized carbons (Fsp3) is 0.353. The quantitative estimate of drug-likeness (QED) is 0.297. The lowest BCUT2D eigenvalue weighted by Crippen LogP contribution is -2.54. The number of benzene rings is 3. The largest absolute Gasteiger partial charge is 0.493 e. The predicted molar refractivity (Wildman–Crippen MR) is 163 cm³/mol. The van der Waals surface area contributed by atoms with E-state index in [1.165, 1.54) is 12.0 Å². The van der Waals surface area contributed by atoms with Crippen molar-refractivity contribution in [1.82, 2.24) is 15.5 Å². The van der Waals surface area contributed by atoms with Crippen LogP contribution in [0.3, 0.4) is 0 Å². The molecule has 11 heteroatoms. The Morgan fingerprint density at radius 3 is 2.33 bits per heavy atom. The predicted octanol–water partition coefficient (Wildman–Crippen LogP) is 3.36. The normalized spacial score (nSPS) is 19.8. The van der Waals surface area contributed by atoms with Crippen LogP contribution in [0.25, 0.3) is 0 Å². The molecule has 0 radical (unpaired) electrons. The average molecular weight is 616 g/mol. The fourth-order valence-electron chi connectivity index (χ4n) is 5.40. The van der Waals surface area contributed by atoms with Crippen molar-refractivity contribution >= 4 is 23.7 Å². The first-order valence-electron chi connectivity index (χ1n) is 14.9. The number of cyclic esters (lactones) is 1. The molecular weight excluding hydrogens is 578 g/mol. The third-order valence-corrected chi connectivity index (χ3v) is 7.77. The number of nitrogens with one attached hydrogen (secondary N) is 2. The summed E-state index contributed by atoms with van der Waals surface area (Å²) in [6, 6.07) is 21.5. The number of hydrogen-bond donors (Lipinski definition) is 2. The number of rotatable bonds is 12. The van der Waals surface area contributed by atoms with Crippen molar-refractivity contribution < 1.29 is 38.1 Å². The molecule has 236 valence electrons. The van der Waals surface area contributed by atoms with Gasteiger partial charge in [-0.15, -0.1) is 0 Å². The number of hydrogen-bond acceptors (Lipinski definition) is 8. The van der Waals surface area contributed by atoms with Crippen LogP contribution in [0.4, 0.5) is 0 Å². The zero-order valence-electron chi connectivity index (χ0n) is 25.3. The average Bonchev–Trinajstić information content (AvgIpc) is 3.69. The second-order valence-corrected chi connectivity index (χ2v) is 11.0. The van der Waals surface area contributed by atoms with Crippen molar-refractivity contribution in [3.8, 4) is 11.5 Å². The molecule has 4 atom stereocenters. The van der Waals surface area contributed by atoms with Gasteiger partial charge in [-0.1, -0.05) is 60.7 Å². The third kappa shape index (κ3) is 7.98. The molecule has 2 saturated heterocycles. The summed E-state index contributed by atoms with van der Waals surface area (Å²) in [5, 5.41) is 5.60. The number of likely N-dealkylation sites (tertiary alicyclic amines) is 1. The maximum atomic E-state index is 13.4. The zero-order valence-corrected chi connectivity index (χ0v) is 25.3. The molecule has 2 N–H and O–H groups in total. The molecule has 0 bridgehead atoms. The number of carbonyl (C=O) groups excluding carboxylic acids is 4. The minimum Gasteiger partial charge on any atom is -0.493 e. The third-order valence-electron chi connectivity index (χ3n) is 7.77.